The van der Waals surface area contributed by atoms with Crippen LogP contribution in [0, 0.1) is 13.8 Å². The maximum absolute atomic E-state index is 5.92. The molecule has 3 aromatic rings. The molecule has 5 nitrogen and oxygen atoms in total. The van der Waals surface area contributed by atoms with Crippen molar-refractivity contribution in [3.63, 3.8) is 0 Å². The zero-order chi connectivity index (χ0) is 14.1. The van der Waals surface area contributed by atoms with Crippen molar-refractivity contribution >= 4 is 5.65 Å². The molecular weight excluding hydrogens is 252 g/mol. The van der Waals surface area contributed by atoms with Gasteiger partial charge in [0, 0.05) is 24.9 Å². The van der Waals surface area contributed by atoms with E-state index in [4.69, 9.17) is 10.5 Å². The van der Waals surface area contributed by atoms with Crippen LogP contribution >= 0.6 is 0 Å². The molecule has 0 spiro atoms. The van der Waals surface area contributed by atoms with Gasteiger partial charge in [-0.3, -0.25) is 0 Å². The van der Waals surface area contributed by atoms with Crippen LogP contribution in [-0.2, 0) is 6.54 Å². The Kier molecular flexibility index (Phi) is 3.12. The molecule has 0 fully saturated rings. The summed E-state index contributed by atoms with van der Waals surface area (Å²) < 4.78 is 7.62. The first-order chi connectivity index (χ1) is 9.67. The minimum atomic E-state index is 0.530. The number of benzene rings is 1. The lowest BCUT2D eigenvalue weighted by atomic mass is 10.1. The number of fused-ring (bicyclic) bond motifs is 1. The van der Waals surface area contributed by atoms with Crippen LogP contribution in [0.4, 0.5) is 0 Å². The standard InChI is InChI=1S/C15H16N4O/c1-10-7-12(9-16)8-11(2)15(10)20-14-4-6-19-13(18-14)3-5-17-19/h3-8H,9,16H2,1-2H3. The third kappa shape index (κ3) is 2.23. The molecule has 2 N–H and O–H groups in total. The number of ether oxygens (including phenoxy) is 1. The minimum Gasteiger partial charge on any atom is -0.438 e. The molecular formula is C15H16N4O. The number of hydrogen-bond donors (Lipinski definition) is 1. The Morgan fingerprint density at radius 2 is 1.95 bits per heavy atom. The van der Waals surface area contributed by atoms with E-state index in [1.807, 2.05) is 38.2 Å². The number of aryl methyl sites for hydroxylation is 2. The molecule has 0 aliphatic carbocycles. The number of hydrogen-bond acceptors (Lipinski definition) is 4. The van der Waals surface area contributed by atoms with Crippen LogP contribution in [0.5, 0.6) is 11.6 Å². The van der Waals surface area contributed by atoms with Crippen molar-refractivity contribution in [2.45, 2.75) is 20.4 Å². The van der Waals surface area contributed by atoms with E-state index in [1.54, 1.807) is 16.8 Å². The van der Waals surface area contributed by atoms with E-state index in [-0.39, 0.29) is 0 Å². The third-order valence-electron chi connectivity index (χ3n) is 3.19. The Labute approximate surface area is 117 Å². The summed E-state index contributed by atoms with van der Waals surface area (Å²) in [5, 5.41) is 4.11. The molecule has 20 heavy (non-hydrogen) atoms. The SMILES string of the molecule is Cc1cc(CN)cc(C)c1Oc1ccn2nccc2n1. The second-order valence-corrected chi connectivity index (χ2v) is 4.76. The van der Waals surface area contributed by atoms with E-state index in [2.05, 4.69) is 10.1 Å². The number of aromatic nitrogens is 3. The van der Waals surface area contributed by atoms with E-state index < -0.39 is 0 Å². The van der Waals surface area contributed by atoms with Gasteiger partial charge in [-0.25, -0.2) is 4.52 Å². The summed E-state index contributed by atoms with van der Waals surface area (Å²) in [6.07, 6.45) is 3.54. The lowest BCUT2D eigenvalue weighted by molar-refractivity contribution is 0.455. The molecule has 0 saturated heterocycles. The molecule has 0 aliphatic heterocycles. The van der Waals surface area contributed by atoms with Crippen molar-refractivity contribution in [2.24, 2.45) is 5.73 Å². The summed E-state index contributed by atoms with van der Waals surface area (Å²) in [5.74, 6) is 1.39. The van der Waals surface area contributed by atoms with Gasteiger partial charge in [-0.1, -0.05) is 12.1 Å². The van der Waals surface area contributed by atoms with Gasteiger partial charge in [0.25, 0.3) is 0 Å². The monoisotopic (exact) mass is 268 g/mol. The van der Waals surface area contributed by atoms with Gasteiger partial charge in [0.05, 0.1) is 6.20 Å². The van der Waals surface area contributed by atoms with Crippen molar-refractivity contribution in [2.75, 3.05) is 0 Å². The van der Waals surface area contributed by atoms with Crippen LogP contribution in [-0.4, -0.2) is 14.6 Å². The van der Waals surface area contributed by atoms with Crippen molar-refractivity contribution in [3.8, 4) is 11.6 Å². The van der Waals surface area contributed by atoms with Gasteiger partial charge >= 0.3 is 0 Å². The molecule has 0 saturated carbocycles. The molecule has 3 rings (SSSR count). The van der Waals surface area contributed by atoms with Crippen molar-refractivity contribution in [3.05, 3.63) is 53.3 Å². The predicted molar refractivity (Wildman–Crippen MR) is 76.9 cm³/mol. The highest BCUT2D eigenvalue weighted by Gasteiger charge is 2.09. The Morgan fingerprint density at radius 3 is 2.65 bits per heavy atom. The molecule has 2 aromatic heterocycles. The Bertz CT molecular complexity index is 740. The number of nitrogens with zero attached hydrogens (tertiary/aromatic N) is 3. The summed E-state index contributed by atoms with van der Waals surface area (Å²) in [7, 11) is 0. The van der Waals surface area contributed by atoms with Gasteiger partial charge in [-0.05, 0) is 30.5 Å². The Balaban J connectivity index is 1.97. The maximum Gasteiger partial charge on any atom is 0.222 e. The van der Waals surface area contributed by atoms with Gasteiger partial charge in [-0.2, -0.15) is 10.1 Å². The second kappa shape index (κ2) is 4.94. The molecule has 0 unspecified atom stereocenters. The van der Waals surface area contributed by atoms with Gasteiger partial charge in [-0.15, -0.1) is 0 Å². The van der Waals surface area contributed by atoms with Crippen molar-refractivity contribution < 1.29 is 4.74 Å². The van der Waals surface area contributed by atoms with Gasteiger partial charge < -0.3 is 10.5 Å². The summed E-state index contributed by atoms with van der Waals surface area (Å²) in [4.78, 5) is 4.41. The van der Waals surface area contributed by atoms with E-state index in [0.29, 0.717) is 12.4 Å². The average molecular weight is 268 g/mol. The second-order valence-electron chi connectivity index (χ2n) is 4.76. The zero-order valence-corrected chi connectivity index (χ0v) is 11.5. The number of nitrogens with two attached hydrogens (primary N) is 1. The first-order valence-electron chi connectivity index (χ1n) is 6.46. The van der Waals surface area contributed by atoms with Crippen LogP contribution < -0.4 is 10.5 Å². The molecule has 2 heterocycles. The summed E-state index contributed by atoms with van der Waals surface area (Å²) in [6, 6.07) is 7.72. The summed E-state index contributed by atoms with van der Waals surface area (Å²) >= 11 is 0. The third-order valence-corrected chi connectivity index (χ3v) is 3.19. The zero-order valence-electron chi connectivity index (χ0n) is 11.5. The van der Waals surface area contributed by atoms with Crippen LogP contribution in [0.25, 0.3) is 5.65 Å². The lowest BCUT2D eigenvalue weighted by Crippen LogP contribution is -2.00. The fraction of sp³-hybridized carbons (Fsp3) is 0.200. The summed E-state index contributed by atoms with van der Waals surface area (Å²) in [5.41, 5.74) is 9.65. The first-order valence-corrected chi connectivity index (χ1v) is 6.46. The van der Waals surface area contributed by atoms with E-state index >= 15 is 0 Å². The molecule has 0 atom stereocenters. The largest absolute Gasteiger partial charge is 0.438 e. The van der Waals surface area contributed by atoms with Crippen LogP contribution in [0.3, 0.4) is 0 Å². The predicted octanol–water partition coefficient (Wildman–Crippen LogP) is 2.60. The Hall–Kier alpha value is -2.40. The maximum atomic E-state index is 5.92. The van der Waals surface area contributed by atoms with Crippen molar-refractivity contribution in [1.29, 1.82) is 0 Å². The highest BCUT2D eigenvalue weighted by atomic mass is 16.5. The molecule has 102 valence electrons. The molecule has 0 radical (unpaired) electrons. The molecule has 1 aromatic carbocycles. The minimum absolute atomic E-state index is 0.530. The molecule has 5 heteroatoms. The van der Waals surface area contributed by atoms with E-state index in [0.717, 1.165) is 28.1 Å². The van der Waals surface area contributed by atoms with Crippen LogP contribution in [0.1, 0.15) is 16.7 Å². The molecule has 0 aliphatic rings. The normalized spacial score (nSPS) is 10.9. The Morgan fingerprint density at radius 1 is 1.20 bits per heavy atom. The summed E-state index contributed by atoms with van der Waals surface area (Å²) in [6.45, 7) is 4.56. The highest BCUT2D eigenvalue weighted by molar-refractivity contribution is 5.46. The highest BCUT2D eigenvalue weighted by Crippen LogP contribution is 2.29. The van der Waals surface area contributed by atoms with Crippen LogP contribution in [0.2, 0.25) is 0 Å². The van der Waals surface area contributed by atoms with E-state index in [1.165, 1.54) is 0 Å². The smallest absolute Gasteiger partial charge is 0.222 e. The fourth-order valence-electron chi connectivity index (χ4n) is 2.28. The number of rotatable bonds is 3. The van der Waals surface area contributed by atoms with Crippen LogP contribution in [0.15, 0.2) is 36.7 Å². The van der Waals surface area contributed by atoms with Gasteiger partial charge in [0.2, 0.25) is 5.88 Å². The van der Waals surface area contributed by atoms with Gasteiger partial charge in [0.15, 0.2) is 5.65 Å². The quantitative estimate of drug-likeness (QED) is 0.793. The van der Waals surface area contributed by atoms with Gasteiger partial charge in [0.1, 0.15) is 5.75 Å². The average Bonchev–Trinajstić information content (AvgIpc) is 2.90. The topological polar surface area (TPSA) is 65.4 Å². The molecule has 0 amide bonds. The fourth-order valence-corrected chi connectivity index (χ4v) is 2.28. The van der Waals surface area contributed by atoms with E-state index in [9.17, 15) is 0 Å². The van der Waals surface area contributed by atoms with Crippen molar-refractivity contribution in [1.82, 2.24) is 14.6 Å². The molecule has 0 bridgehead atoms. The lowest BCUT2D eigenvalue weighted by Gasteiger charge is -2.12. The first kappa shape index (κ1) is 12.6.